The fourth-order valence-corrected chi connectivity index (χ4v) is 2.74. The summed E-state index contributed by atoms with van der Waals surface area (Å²) in [7, 11) is 3.77. The molecule has 0 aromatic carbocycles. The highest BCUT2D eigenvalue weighted by atomic mass is 16.6. The minimum atomic E-state index is -0.590. The van der Waals surface area contributed by atoms with Gasteiger partial charge in [-0.05, 0) is 19.8 Å². The van der Waals surface area contributed by atoms with Crippen LogP contribution in [0.25, 0.3) is 0 Å². The normalized spacial score (nSPS) is 21.5. The maximum absolute atomic E-state index is 12.2. The molecule has 1 amide bonds. The fourth-order valence-electron chi connectivity index (χ4n) is 2.74. The van der Waals surface area contributed by atoms with E-state index in [-0.39, 0.29) is 5.91 Å². The molecule has 1 N–H and O–H groups in total. The van der Waals surface area contributed by atoms with Gasteiger partial charge in [0, 0.05) is 33.7 Å². The molecular formula is C13H20N6O2. The Morgan fingerprint density at radius 1 is 1.33 bits per heavy atom. The van der Waals surface area contributed by atoms with Gasteiger partial charge in [-0.2, -0.15) is 0 Å². The van der Waals surface area contributed by atoms with E-state index in [4.69, 9.17) is 4.63 Å². The van der Waals surface area contributed by atoms with E-state index in [1.165, 1.54) is 0 Å². The molecule has 0 saturated carbocycles. The van der Waals surface area contributed by atoms with Crippen LogP contribution < -0.4 is 5.32 Å². The predicted octanol–water partition coefficient (Wildman–Crippen LogP) is -0.240. The lowest BCUT2D eigenvalue weighted by atomic mass is 9.88. The van der Waals surface area contributed by atoms with E-state index < -0.39 is 5.54 Å². The third-order valence-corrected chi connectivity index (χ3v) is 4.19. The first-order valence-electron chi connectivity index (χ1n) is 7.09. The molecule has 3 rings (SSSR count). The molecular weight excluding hydrogens is 272 g/mol. The summed E-state index contributed by atoms with van der Waals surface area (Å²) < 4.78 is 4.72. The van der Waals surface area contributed by atoms with Crippen molar-refractivity contribution in [3.05, 3.63) is 11.4 Å². The highest BCUT2D eigenvalue weighted by molar-refractivity contribution is 6.07. The molecule has 21 heavy (non-hydrogen) atoms. The average molecular weight is 292 g/mol. The summed E-state index contributed by atoms with van der Waals surface area (Å²) in [5.74, 6) is 0.676. The number of aryl methyl sites for hydroxylation is 1. The Balaban J connectivity index is 1.65. The summed E-state index contributed by atoms with van der Waals surface area (Å²) in [6.07, 6.45) is 1.45. The van der Waals surface area contributed by atoms with Crippen LogP contribution in [0.15, 0.2) is 9.62 Å². The smallest absolute Gasteiger partial charge is 0.254 e. The van der Waals surface area contributed by atoms with Crippen LogP contribution in [0.1, 0.15) is 24.2 Å². The molecule has 1 spiro atoms. The molecule has 2 aliphatic heterocycles. The van der Waals surface area contributed by atoms with Crippen LogP contribution in [0.2, 0.25) is 0 Å². The first kappa shape index (κ1) is 14.0. The van der Waals surface area contributed by atoms with E-state index in [2.05, 4.69) is 25.5 Å². The van der Waals surface area contributed by atoms with Crippen molar-refractivity contribution >= 4 is 11.9 Å². The standard InChI is InChI=1S/C13H20N6O2/c1-9-10(17-21-16-9)8-19-6-4-13(5-7-19)11(20)14-12(15-13)18(2)3/h4-8H2,1-3H3,(H,14,15,20). The summed E-state index contributed by atoms with van der Waals surface area (Å²) >= 11 is 0. The van der Waals surface area contributed by atoms with Gasteiger partial charge in [0.05, 0.1) is 0 Å². The molecule has 8 heteroatoms. The monoisotopic (exact) mass is 292 g/mol. The average Bonchev–Trinajstić information content (AvgIpc) is 2.99. The van der Waals surface area contributed by atoms with E-state index in [1.807, 2.05) is 25.9 Å². The Bertz CT molecular complexity index is 571. The number of likely N-dealkylation sites (tertiary alicyclic amines) is 1. The van der Waals surface area contributed by atoms with Crippen molar-refractivity contribution in [2.24, 2.45) is 4.99 Å². The number of aromatic nitrogens is 2. The van der Waals surface area contributed by atoms with Gasteiger partial charge in [-0.25, -0.2) is 9.62 Å². The van der Waals surface area contributed by atoms with Gasteiger partial charge in [0.15, 0.2) is 0 Å². The summed E-state index contributed by atoms with van der Waals surface area (Å²) in [6, 6.07) is 0. The van der Waals surface area contributed by atoms with Crippen molar-refractivity contribution in [3.63, 3.8) is 0 Å². The zero-order chi connectivity index (χ0) is 15.0. The van der Waals surface area contributed by atoms with E-state index >= 15 is 0 Å². The second kappa shape index (κ2) is 5.10. The second-order valence-electron chi connectivity index (χ2n) is 5.89. The number of nitrogens with one attached hydrogen (secondary N) is 1. The van der Waals surface area contributed by atoms with Crippen LogP contribution >= 0.6 is 0 Å². The SMILES string of the molecule is Cc1nonc1CN1CCC2(CC1)N=C(N(C)C)NC2=O. The number of hydrogen-bond acceptors (Lipinski definition) is 7. The minimum absolute atomic E-state index is 0.0186. The van der Waals surface area contributed by atoms with Crippen molar-refractivity contribution in [3.8, 4) is 0 Å². The third kappa shape index (κ3) is 2.51. The number of rotatable bonds is 2. The van der Waals surface area contributed by atoms with Crippen LogP contribution in [0, 0.1) is 6.92 Å². The Morgan fingerprint density at radius 2 is 2.05 bits per heavy atom. The minimum Gasteiger partial charge on any atom is -0.349 e. The third-order valence-electron chi connectivity index (χ3n) is 4.19. The summed E-state index contributed by atoms with van der Waals surface area (Å²) in [6.45, 7) is 4.21. The molecule has 1 saturated heterocycles. The number of aliphatic imine (C=N–C) groups is 1. The van der Waals surface area contributed by atoms with Crippen molar-refractivity contribution in [1.29, 1.82) is 0 Å². The number of carbonyl (C=O) groups excluding carboxylic acids is 1. The lowest BCUT2D eigenvalue weighted by molar-refractivity contribution is -0.125. The van der Waals surface area contributed by atoms with Crippen molar-refractivity contribution in [2.45, 2.75) is 31.8 Å². The molecule has 0 atom stereocenters. The maximum atomic E-state index is 12.2. The highest BCUT2D eigenvalue weighted by Crippen LogP contribution is 2.30. The quantitative estimate of drug-likeness (QED) is 0.809. The first-order chi connectivity index (χ1) is 10.00. The summed E-state index contributed by atoms with van der Waals surface area (Å²) in [4.78, 5) is 20.9. The zero-order valence-corrected chi connectivity index (χ0v) is 12.6. The van der Waals surface area contributed by atoms with Gasteiger partial charge in [0.2, 0.25) is 5.96 Å². The molecule has 1 aromatic heterocycles. The molecule has 0 aliphatic carbocycles. The largest absolute Gasteiger partial charge is 0.349 e. The molecule has 0 bridgehead atoms. The Morgan fingerprint density at radius 3 is 2.57 bits per heavy atom. The van der Waals surface area contributed by atoms with Gasteiger partial charge < -0.3 is 4.90 Å². The number of nitrogens with zero attached hydrogens (tertiary/aromatic N) is 5. The number of carbonyl (C=O) groups is 1. The summed E-state index contributed by atoms with van der Waals surface area (Å²) in [5.41, 5.74) is 1.09. The first-order valence-corrected chi connectivity index (χ1v) is 7.09. The maximum Gasteiger partial charge on any atom is 0.254 e. The molecule has 3 heterocycles. The van der Waals surface area contributed by atoms with Crippen LogP contribution in [-0.2, 0) is 11.3 Å². The van der Waals surface area contributed by atoms with Gasteiger partial charge >= 0.3 is 0 Å². The van der Waals surface area contributed by atoms with Gasteiger partial charge in [-0.3, -0.25) is 15.0 Å². The van der Waals surface area contributed by atoms with Crippen LogP contribution in [0.3, 0.4) is 0 Å². The molecule has 1 fully saturated rings. The van der Waals surface area contributed by atoms with Gasteiger partial charge in [0.25, 0.3) is 5.91 Å². The molecule has 0 unspecified atom stereocenters. The molecule has 1 aromatic rings. The van der Waals surface area contributed by atoms with Crippen LogP contribution in [0.5, 0.6) is 0 Å². The van der Waals surface area contributed by atoms with E-state index in [0.717, 1.165) is 37.3 Å². The lowest BCUT2D eigenvalue weighted by Gasteiger charge is -2.34. The van der Waals surface area contributed by atoms with Crippen molar-refractivity contribution < 1.29 is 9.42 Å². The Labute approximate surface area is 123 Å². The Kier molecular flexibility index (Phi) is 3.40. The number of hydrogen-bond donors (Lipinski definition) is 1. The van der Waals surface area contributed by atoms with Gasteiger partial charge in [0.1, 0.15) is 16.9 Å². The van der Waals surface area contributed by atoms with E-state index in [0.29, 0.717) is 12.5 Å². The molecule has 0 radical (unpaired) electrons. The topological polar surface area (TPSA) is 86.9 Å². The van der Waals surface area contributed by atoms with Crippen LogP contribution in [-0.4, -0.2) is 64.7 Å². The predicted molar refractivity (Wildman–Crippen MR) is 75.5 cm³/mol. The van der Waals surface area contributed by atoms with Gasteiger partial charge in [-0.1, -0.05) is 10.3 Å². The second-order valence-corrected chi connectivity index (χ2v) is 5.89. The molecule has 114 valence electrons. The van der Waals surface area contributed by atoms with E-state index in [9.17, 15) is 4.79 Å². The molecule has 8 nitrogen and oxygen atoms in total. The Hall–Kier alpha value is -1.96. The van der Waals surface area contributed by atoms with Crippen LogP contribution in [0.4, 0.5) is 0 Å². The zero-order valence-electron chi connectivity index (χ0n) is 12.6. The summed E-state index contributed by atoms with van der Waals surface area (Å²) in [5, 5.41) is 10.6. The van der Waals surface area contributed by atoms with Crippen molar-refractivity contribution in [1.82, 2.24) is 25.4 Å². The lowest BCUT2D eigenvalue weighted by Crippen LogP contribution is -2.49. The number of piperidine rings is 1. The molecule has 2 aliphatic rings. The highest BCUT2D eigenvalue weighted by Gasteiger charge is 2.46. The number of amides is 1. The fraction of sp³-hybridized carbons (Fsp3) is 0.692. The number of guanidine groups is 1. The van der Waals surface area contributed by atoms with E-state index in [1.54, 1.807) is 0 Å². The van der Waals surface area contributed by atoms with Crippen molar-refractivity contribution in [2.75, 3.05) is 27.2 Å². The van der Waals surface area contributed by atoms with Gasteiger partial charge in [-0.15, -0.1) is 0 Å².